The highest BCUT2D eigenvalue weighted by molar-refractivity contribution is 7.89. The van der Waals surface area contributed by atoms with E-state index in [2.05, 4.69) is 11.3 Å². The highest BCUT2D eigenvalue weighted by Gasteiger charge is 2.21. The van der Waals surface area contributed by atoms with Crippen molar-refractivity contribution in [3.05, 3.63) is 63.8 Å². The van der Waals surface area contributed by atoms with Gasteiger partial charge in [0.1, 0.15) is 6.07 Å². The standard InChI is InChI=1S/C17H16ClN3O3S2/c1-2-9-21(12-14-7-8-16(18)25-14)17(22)11-20-26(23,24)15-6-4-3-5-13(15)10-19/h2-8,20H,1,9,11-12H2. The molecule has 0 spiro atoms. The summed E-state index contributed by atoms with van der Waals surface area (Å²) >= 11 is 7.24. The molecule has 1 heterocycles. The van der Waals surface area contributed by atoms with Gasteiger partial charge >= 0.3 is 0 Å². The van der Waals surface area contributed by atoms with Crippen LogP contribution in [0.3, 0.4) is 0 Å². The first kappa shape index (κ1) is 20.1. The highest BCUT2D eigenvalue weighted by Crippen LogP contribution is 2.22. The first-order valence-electron chi connectivity index (χ1n) is 7.49. The van der Waals surface area contributed by atoms with Crippen LogP contribution in [0.2, 0.25) is 4.34 Å². The average molecular weight is 410 g/mol. The number of nitriles is 1. The van der Waals surface area contributed by atoms with E-state index in [0.29, 0.717) is 10.9 Å². The quantitative estimate of drug-likeness (QED) is 0.679. The normalized spacial score (nSPS) is 10.9. The van der Waals surface area contributed by atoms with Gasteiger partial charge in [-0.05, 0) is 24.3 Å². The predicted molar refractivity (Wildman–Crippen MR) is 101 cm³/mol. The summed E-state index contributed by atoms with van der Waals surface area (Å²) in [4.78, 5) is 14.6. The molecule has 136 valence electrons. The second-order valence-electron chi connectivity index (χ2n) is 5.20. The smallest absolute Gasteiger partial charge is 0.242 e. The third-order valence-electron chi connectivity index (χ3n) is 3.39. The molecule has 1 amide bonds. The van der Waals surface area contributed by atoms with Crippen molar-refractivity contribution in [3.63, 3.8) is 0 Å². The van der Waals surface area contributed by atoms with Crippen molar-refractivity contribution < 1.29 is 13.2 Å². The molecule has 0 aliphatic carbocycles. The van der Waals surface area contributed by atoms with Crippen LogP contribution in [0.4, 0.5) is 0 Å². The average Bonchev–Trinajstić information content (AvgIpc) is 3.04. The summed E-state index contributed by atoms with van der Waals surface area (Å²) in [6.07, 6.45) is 1.56. The zero-order valence-electron chi connectivity index (χ0n) is 13.7. The van der Waals surface area contributed by atoms with Crippen molar-refractivity contribution in [2.45, 2.75) is 11.4 Å². The SMILES string of the molecule is C=CCN(Cc1ccc(Cl)s1)C(=O)CNS(=O)(=O)c1ccccc1C#N. The zero-order chi connectivity index (χ0) is 19.2. The van der Waals surface area contributed by atoms with Crippen molar-refractivity contribution in [1.82, 2.24) is 9.62 Å². The van der Waals surface area contributed by atoms with Crippen molar-refractivity contribution in [2.24, 2.45) is 0 Å². The Kier molecular flexibility index (Phi) is 6.94. The van der Waals surface area contributed by atoms with Crippen molar-refractivity contribution in [1.29, 1.82) is 5.26 Å². The van der Waals surface area contributed by atoms with Gasteiger partial charge in [0.15, 0.2) is 0 Å². The number of sulfonamides is 1. The molecule has 0 saturated carbocycles. The number of benzene rings is 1. The van der Waals surface area contributed by atoms with E-state index in [9.17, 15) is 13.2 Å². The maximum atomic E-state index is 12.4. The van der Waals surface area contributed by atoms with Gasteiger partial charge < -0.3 is 4.90 Å². The number of hydrogen-bond donors (Lipinski definition) is 1. The van der Waals surface area contributed by atoms with E-state index in [4.69, 9.17) is 16.9 Å². The second-order valence-corrected chi connectivity index (χ2v) is 8.74. The number of rotatable bonds is 8. The number of nitrogens with zero attached hydrogens (tertiary/aromatic N) is 2. The second kappa shape index (κ2) is 8.96. The lowest BCUT2D eigenvalue weighted by Gasteiger charge is -2.20. The Morgan fingerprint density at radius 3 is 2.69 bits per heavy atom. The topological polar surface area (TPSA) is 90.3 Å². The first-order valence-corrected chi connectivity index (χ1v) is 10.2. The predicted octanol–water partition coefficient (Wildman–Crippen LogP) is 2.77. The number of thiophene rings is 1. The van der Waals surface area contributed by atoms with Crippen LogP contribution >= 0.6 is 22.9 Å². The van der Waals surface area contributed by atoms with Gasteiger partial charge in [0.25, 0.3) is 0 Å². The fourth-order valence-corrected chi connectivity index (χ4v) is 4.41. The van der Waals surface area contributed by atoms with Crippen LogP contribution in [0.5, 0.6) is 0 Å². The molecule has 2 aromatic rings. The number of carbonyl (C=O) groups is 1. The van der Waals surface area contributed by atoms with E-state index < -0.39 is 22.5 Å². The highest BCUT2D eigenvalue weighted by atomic mass is 35.5. The molecule has 0 fully saturated rings. The van der Waals surface area contributed by atoms with Crippen LogP contribution in [-0.2, 0) is 21.4 Å². The Morgan fingerprint density at radius 2 is 2.08 bits per heavy atom. The Bertz CT molecular complexity index is 948. The third kappa shape index (κ3) is 5.16. The van der Waals surface area contributed by atoms with E-state index in [1.54, 1.807) is 18.2 Å². The van der Waals surface area contributed by atoms with Gasteiger partial charge in [-0.2, -0.15) is 5.26 Å². The number of carbonyl (C=O) groups excluding carboxylic acids is 1. The number of hydrogen-bond acceptors (Lipinski definition) is 5. The Hall–Kier alpha value is -2.18. The van der Waals surface area contributed by atoms with E-state index in [1.807, 2.05) is 12.1 Å². The molecule has 0 saturated heterocycles. The fraction of sp³-hybridized carbons (Fsp3) is 0.176. The molecule has 0 radical (unpaired) electrons. The van der Waals surface area contributed by atoms with Crippen LogP contribution in [0.1, 0.15) is 10.4 Å². The van der Waals surface area contributed by atoms with Crippen molar-refractivity contribution in [2.75, 3.05) is 13.1 Å². The summed E-state index contributed by atoms with van der Waals surface area (Å²) in [6, 6.07) is 11.2. The van der Waals surface area contributed by atoms with Crippen LogP contribution in [0.15, 0.2) is 53.9 Å². The summed E-state index contributed by atoms with van der Waals surface area (Å²) in [5, 5.41) is 9.05. The van der Waals surface area contributed by atoms with E-state index in [0.717, 1.165) is 4.88 Å². The summed E-state index contributed by atoms with van der Waals surface area (Å²) in [6.45, 7) is 3.77. The molecular formula is C17H16ClN3O3S2. The van der Waals surface area contributed by atoms with Gasteiger partial charge in [-0.25, -0.2) is 13.1 Å². The minimum Gasteiger partial charge on any atom is -0.333 e. The third-order valence-corrected chi connectivity index (χ3v) is 6.06. The Balaban J connectivity index is 2.09. The molecule has 1 N–H and O–H groups in total. The maximum Gasteiger partial charge on any atom is 0.242 e. The molecular weight excluding hydrogens is 394 g/mol. The minimum absolute atomic E-state index is 0.0172. The minimum atomic E-state index is -3.98. The summed E-state index contributed by atoms with van der Waals surface area (Å²) in [5.74, 6) is -0.410. The van der Waals surface area contributed by atoms with Crippen LogP contribution < -0.4 is 4.72 Å². The number of nitrogens with one attached hydrogen (secondary N) is 1. The van der Waals surface area contributed by atoms with E-state index >= 15 is 0 Å². The monoisotopic (exact) mass is 409 g/mol. The molecule has 9 heteroatoms. The number of halogens is 1. The summed E-state index contributed by atoms with van der Waals surface area (Å²) in [7, 11) is -3.98. The molecule has 1 aromatic carbocycles. The molecule has 0 unspecified atom stereocenters. The fourth-order valence-electron chi connectivity index (χ4n) is 2.17. The molecule has 0 bridgehead atoms. The van der Waals surface area contributed by atoms with Crippen LogP contribution in [0, 0.1) is 11.3 Å². The molecule has 0 atom stereocenters. The lowest BCUT2D eigenvalue weighted by Crippen LogP contribution is -2.40. The largest absolute Gasteiger partial charge is 0.333 e. The van der Waals surface area contributed by atoms with Crippen molar-refractivity contribution >= 4 is 38.9 Å². The van der Waals surface area contributed by atoms with Gasteiger partial charge in [-0.15, -0.1) is 17.9 Å². The molecule has 0 aliphatic heterocycles. The van der Waals surface area contributed by atoms with E-state index in [-0.39, 0.29) is 17.0 Å². The van der Waals surface area contributed by atoms with Gasteiger partial charge in [0, 0.05) is 11.4 Å². The first-order chi connectivity index (χ1) is 12.4. The van der Waals surface area contributed by atoms with E-state index in [1.165, 1.54) is 34.4 Å². The maximum absolute atomic E-state index is 12.4. The van der Waals surface area contributed by atoms with Crippen LogP contribution in [0.25, 0.3) is 0 Å². The lowest BCUT2D eigenvalue weighted by atomic mass is 10.2. The molecule has 2 rings (SSSR count). The molecule has 6 nitrogen and oxygen atoms in total. The lowest BCUT2D eigenvalue weighted by molar-refractivity contribution is -0.129. The Morgan fingerprint density at radius 1 is 1.35 bits per heavy atom. The van der Waals surface area contributed by atoms with Crippen molar-refractivity contribution in [3.8, 4) is 6.07 Å². The molecule has 26 heavy (non-hydrogen) atoms. The summed E-state index contributed by atoms with van der Waals surface area (Å²) in [5.41, 5.74) is 0.0172. The zero-order valence-corrected chi connectivity index (χ0v) is 16.1. The van der Waals surface area contributed by atoms with Gasteiger partial charge in [0.05, 0.1) is 27.9 Å². The van der Waals surface area contributed by atoms with Crippen LogP contribution in [-0.4, -0.2) is 32.3 Å². The van der Waals surface area contributed by atoms with Gasteiger partial charge in [-0.3, -0.25) is 4.79 Å². The Labute approximate surface area is 161 Å². The van der Waals surface area contributed by atoms with Gasteiger partial charge in [-0.1, -0.05) is 29.8 Å². The molecule has 1 aromatic heterocycles. The molecule has 0 aliphatic rings. The van der Waals surface area contributed by atoms with Gasteiger partial charge in [0.2, 0.25) is 15.9 Å². The summed E-state index contributed by atoms with van der Waals surface area (Å²) < 4.78 is 27.6. The number of amides is 1.